The van der Waals surface area contributed by atoms with E-state index in [9.17, 15) is 10.1 Å². The summed E-state index contributed by atoms with van der Waals surface area (Å²) in [6.07, 6.45) is 0. The normalized spacial score (nSPS) is 10.2. The van der Waals surface area contributed by atoms with Crippen LogP contribution in [0.3, 0.4) is 0 Å². The van der Waals surface area contributed by atoms with Gasteiger partial charge in [-0.3, -0.25) is 10.1 Å². The number of hydrogen-bond acceptors (Lipinski definition) is 4. The van der Waals surface area contributed by atoms with Crippen molar-refractivity contribution in [1.82, 2.24) is 0 Å². The molecule has 2 rings (SSSR count). The van der Waals surface area contributed by atoms with E-state index >= 15 is 0 Å². The quantitative estimate of drug-likeness (QED) is 0.651. The van der Waals surface area contributed by atoms with Crippen molar-refractivity contribution < 1.29 is 4.92 Å². The number of benzene rings is 2. The Kier molecular flexibility index (Phi) is 3.89. The number of nitro benzene ring substituents is 1. The van der Waals surface area contributed by atoms with Crippen LogP contribution >= 0.6 is 0 Å². The minimum atomic E-state index is -0.394. The smallest absolute Gasteiger partial charge is 0.273 e. The predicted octanol–water partition coefficient (Wildman–Crippen LogP) is 4.00. The van der Waals surface area contributed by atoms with Gasteiger partial charge in [0.05, 0.1) is 4.92 Å². The molecule has 2 aromatic carbocycles. The van der Waals surface area contributed by atoms with Crippen LogP contribution in [0.25, 0.3) is 0 Å². The maximum Gasteiger partial charge on any atom is 0.273 e. The Labute approximate surface area is 117 Å². The topological polar surface area (TPSA) is 67.2 Å². The molecule has 0 aliphatic rings. The molecular weight excluding hydrogens is 254 g/mol. The third-order valence-corrected chi connectivity index (χ3v) is 3.30. The molecule has 0 atom stereocenters. The molecule has 0 aliphatic heterocycles. The maximum absolute atomic E-state index is 10.9. The molecule has 0 heterocycles. The SMILES string of the molecule is CNc1cc(Nc2cccc(C)c2C)cc([N+](=O)[O-])c1. The van der Waals surface area contributed by atoms with Crippen molar-refractivity contribution in [2.24, 2.45) is 0 Å². The molecule has 2 N–H and O–H groups in total. The Morgan fingerprint density at radius 2 is 1.80 bits per heavy atom. The van der Waals surface area contributed by atoms with Crippen LogP contribution in [-0.4, -0.2) is 12.0 Å². The predicted molar refractivity (Wildman–Crippen MR) is 81.8 cm³/mol. The lowest BCUT2D eigenvalue weighted by atomic mass is 10.1. The minimum Gasteiger partial charge on any atom is -0.388 e. The maximum atomic E-state index is 10.9. The molecule has 0 radical (unpaired) electrons. The van der Waals surface area contributed by atoms with E-state index < -0.39 is 4.92 Å². The fourth-order valence-corrected chi connectivity index (χ4v) is 1.98. The van der Waals surface area contributed by atoms with Crippen LogP contribution < -0.4 is 10.6 Å². The molecule has 0 unspecified atom stereocenters. The van der Waals surface area contributed by atoms with Crippen LogP contribution in [0.15, 0.2) is 36.4 Å². The Bertz CT molecular complexity index is 654. The summed E-state index contributed by atoms with van der Waals surface area (Å²) in [5.74, 6) is 0. The van der Waals surface area contributed by atoms with Crippen molar-refractivity contribution in [2.75, 3.05) is 17.7 Å². The summed E-state index contributed by atoms with van der Waals surface area (Å²) in [6, 6.07) is 10.8. The molecule has 0 fully saturated rings. The van der Waals surface area contributed by atoms with Crippen LogP contribution in [0.5, 0.6) is 0 Å². The Morgan fingerprint density at radius 1 is 1.10 bits per heavy atom. The number of nitro groups is 1. The van der Waals surface area contributed by atoms with Crippen LogP contribution in [0.4, 0.5) is 22.7 Å². The van der Waals surface area contributed by atoms with Gasteiger partial charge in [0, 0.05) is 36.2 Å². The molecule has 0 spiro atoms. The van der Waals surface area contributed by atoms with Crippen molar-refractivity contribution in [2.45, 2.75) is 13.8 Å². The number of non-ortho nitro benzene ring substituents is 1. The van der Waals surface area contributed by atoms with Crippen LogP contribution in [0.1, 0.15) is 11.1 Å². The second kappa shape index (κ2) is 5.61. The number of aryl methyl sites for hydroxylation is 1. The molecule has 0 amide bonds. The van der Waals surface area contributed by atoms with E-state index in [1.54, 1.807) is 7.05 Å². The second-order valence-electron chi connectivity index (χ2n) is 4.65. The molecule has 0 saturated heterocycles. The van der Waals surface area contributed by atoms with E-state index in [0.717, 1.165) is 11.3 Å². The van der Waals surface area contributed by atoms with Crippen molar-refractivity contribution in [3.63, 3.8) is 0 Å². The largest absolute Gasteiger partial charge is 0.388 e. The fraction of sp³-hybridized carbons (Fsp3) is 0.200. The molecule has 0 aromatic heterocycles. The number of hydrogen-bond donors (Lipinski definition) is 2. The third-order valence-electron chi connectivity index (χ3n) is 3.30. The van der Waals surface area contributed by atoms with E-state index in [-0.39, 0.29) is 5.69 Å². The van der Waals surface area contributed by atoms with Crippen LogP contribution in [0.2, 0.25) is 0 Å². The highest BCUT2D eigenvalue weighted by Gasteiger charge is 2.10. The van der Waals surface area contributed by atoms with Crippen LogP contribution in [-0.2, 0) is 0 Å². The lowest BCUT2D eigenvalue weighted by Gasteiger charge is -2.12. The van der Waals surface area contributed by atoms with E-state index in [4.69, 9.17) is 0 Å². The zero-order valence-corrected chi connectivity index (χ0v) is 11.7. The lowest BCUT2D eigenvalue weighted by molar-refractivity contribution is -0.384. The highest BCUT2D eigenvalue weighted by atomic mass is 16.6. The van der Waals surface area contributed by atoms with Gasteiger partial charge in [-0.05, 0) is 37.1 Å². The zero-order chi connectivity index (χ0) is 14.7. The number of nitrogens with zero attached hydrogens (tertiary/aromatic N) is 1. The monoisotopic (exact) mass is 271 g/mol. The summed E-state index contributed by atoms with van der Waals surface area (Å²) in [7, 11) is 1.74. The summed E-state index contributed by atoms with van der Waals surface area (Å²) < 4.78 is 0. The fourth-order valence-electron chi connectivity index (χ4n) is 1.98. The second-order valence-corrected chi connectivity index (χ2v) is 4.65. The summed E-state index contributed by atoms with van der Waals surface area (Å²) in [6.45, 7) is 4.06. The lowest BCUT2D eigenvalue weighted by Crippen LogP contribution is -1.98. The van der Waals surface area contributed by atoms with E-state index in [2.05, 4.69) is 10.6 Å². The Hall–Kier alpha value is -2.56. The Morgan fingerprint density at radius 3 is 2.45 bits per heavy atom. The standard InChI is InChI=1S/C15H17N3O2/c1-10-5-4-6-15(11(10)2)17-13-7-12(16-3)8-14(9-13)18(19)20/h4-9,16-17H,1-3H3. The summed E-state index contributed by atoms with van der Waals surface area (Å²) in [4.78, 5) is 10.6. The molecule has 104 valence electrons. The molecule has 20 heavy (non-hydrogen) atoms. The first-order valence-corrected chi connectivity index (χ1v) is 6.31. The minimum absolute atomic E-state index is 0.0599. The van der Waals surface area contributed by atoms with Crippen molar-refractivity contribution in [1.29, 1.82) is 0 Å². The number of nitrogens with one attached hydrogen (secondary N) is 2. The van der Waals surface area contributed by atoms with Gasteiger partial charge in [0.15, 0.2) is 0 Å². The van der Waals surface area contributed by atoms with E-state index in [0.29, 0.717) is 11.4 Å². The first kappa shape index (κ1) is 13.9. The average Bonchev–Trinajstić information content (AvgIpc) is 2.43. The van der Waals surface area contributed by atoms with E-state index in [1.807, 2.05) is 38.1 Å². The van der Waals surface area contributed by atoms with Gasteiger partial charge in [0.25, 0.3) is 5.69 Å². The van der Waals surface area contributed by atoms with Crippen LogP contribution in [0, 0.1) is 24.0 Å². The van der Waals surface area contributed by atoms with Crippen molar-refractivity contribution in [3.8, 4) is 0 Å². The van der Waals surface area contributed by atoms with Gasteiger partial charge >= 0.3 is 0 Å². The molecule has 0 bridgehead atoms. The first-order valence-electron chi connectivity index (χ1n) is 6.31. The van der Waals surface area contributed by atoms with Crippen molar-refractivity contribution >= 4 is 22.7 Å². The number of rotatable bonds is 4. The summed E-state index contributed by atoms with van der Waals surface area (Å²) in [5.41, 5.74) is 4.71. The number of anilines is 3. The molecule has 5 nitrogen and oxygen atoms in total. The molecule has 0 saturated carbocycles. The first-order chi connectivity index (χ1) is 9.51. The summed E-state index contributed by atoms with van der Waals surface area (Å²) >= 11 is 0. The molecule has 5 heteroatoms. The molecular formula is C15H17N3O2. The van der Waals surface area contributed by atoms with E-state index in [1.165, 1.54) is 17.7 Å². The third kappa shape index (κ3) is 2.88. The molecule has 2 aromatic rings. The summed E-state index contributed by atoms with van der Waals surface area (Å²) in [5, 5.41) is 17.1. The van der Waals surface area contributed by atoms with Gasteiger partial charge in [-0.15, -0.1) is 0 Å². The highest BCUT2D eigenvalue weighted by molar-refractivity contribution is 5.70. The van der Waals surface area contributed by atoms with Gasteiger partial charge in [0.2, 0.25) is 0 Å². The van der Waals surface area contributed by atoms with Gasteiger partial charge in [-0.1, -0.05) is 12.1 Å². The highest BCUT2D eigenvalue weighted by Crippen LogP contribution is 2.28. The van der Waals surface area contributed by atoms with Crippen molar-refractivity contribution in [3.05, 3.63) is 57.6 Å². The Balaban J connectivity index is 2.40. The van der Waals surface area contributed by atoms with Gasteiger partial charge in [-0.25, -0.2) is 0 Å². The average molecular weight is 271 g/mol. The van der Waals surface area contributed by atoms with Gasteiger partial charge in [0.1, 0.15) is 0 Å². The van der Waals surface area contributed by atoms with Gasteiger partial charge < -0.3 is 10.6 Å². The van der Waals surface area contributed by atoms with Gasteiger partial charge in [-0.2, -0.15) is 0 Å². The zero-order valence-electron chi connectivity index (χ0n) is 11.7. The molecule has 0 aliphatic carbocycles.